The van der Waals surface area contributed by atoms with Crippen LogP contribution in [0, 0.1) is 0 Å². The van der Waals surface area contributed by atoms with Crippen molar-refractivity contribution in [1.29, 1.82) is 0 Å². The monoisotopic (exact) mass is 559 g/mol. The highest BCUT2D eigenvalue weighted by atomic mass is 16.5. The van der Waals surface area contributed by atoms with Crippen molar-refractivity contribution < 1.29 is 23.8 Å². The molecule has 3 amide bonds. The molecular weight excluding hydrogens is 522 g/mol. The van der Waals surface area contributed by atoms with Gasteiger partial charge in [0.25, 0.3) is 5.91 Å². The second-order valence-electron chi connectivity index (χ2n) is 10.8. The molecule has 0 spiro atoms. The van der Waals surface area contributed by atoms with Gasteiger partial charge < -0.3 is 34.3 Å². The second kappa shape index (κ2) is 11.3. The summed E-state index contributed by atoms with van der Waals surface area (Å²) in [6.45, 7) is 6.68. The van der Waals surface area contributed by atoms with Crippen molar-refractivity contribution in [3.63, 3.8) is 0 Å². The molecule has 2 aliphatic rings. The van der Waals surface area contributed by atoms with E-state index in [1.54, 1.807) is 7.11 Å². The number of aliphatic hydroxyl groups excluding tert-OH is 1. The lowest BCUT2D eigenvalue weighted by Crippen LogP contribution is -2.51. The van der Waals surface area contributed by atoms with Crippen molar-refractivity contribution in [2.75, 3.05) is 54.5 Å². The predicted octanol–water partition coefficient (Wildman–Crippen LogP) is 3.18. The van der Waals surface area contributed by atoms with Crippen molar-refractivity contribution in [2.24, 2.45) is 0 Å². The number of hydrogen-bond donors (Lipinski definition) is 3. The van der Waals surface area contributed by atoms with E-state index < -0.39 is 17.5 Å². The first-order valence-electron chi connectivity index (χ1n) is 13.6. The normalized spacial score (nSPS) is 18.7. The van der Waals surface area contributed by atoms with Crippen LogP contribution in [-0.2, 0) is 16.9 Å². The van der Waals surface area contributed by atoms with E-state index >= 15 is 0 Å². The molecule has 0 bridgehead atoms. The van der Waals surface area contributed by atoms with Crippen LogP contribution in [0.3, 0.4) is 0 Å². The molecule has 1 fully saturated rings. The van der Waals surface area contributed by atoms with Crippen molar-refractivity contribution in [2.45, 2.75) is 18.5 Å². The van der Waals surface area contributed by atoms with E-state index in [1.807, 2.05) is 74.6 Å². The Hall–Kier alpha value is -4.28. The number of ether oxygens (including phenoxy) is 1. The molecule has 1 atom stereocenters. The van der Waals surface area contributed by atoms with Crippen molar-refractivity contribution >= 4 is 34.3 Å². The van der Waals surface area contributed by atoms with Gasteiger partial charge in [0.2, 0.25) is 0 Å². The third-order valence-corrected chi connectivity index (χ3v) is 7.73. The van der Waals surface area contributed by atoms with Crippen molar-refractivity contribution in [3.8, 4) is 5.75 Å². The third-order valence-electron chi connectivity index (χ3n) is 7.73. The van der Waals surface area contributed by atoms with Crippen LogP contribution in [0.25, 0.3) is 22.4 Å². The van der Waals surface area contributed by atoms with Crippen LogP contribution >= 0.6 is 0 Å². The van der Waals surface area contributed by atoms with E-state index in [1.165, 1.54) is 0 Å². The minimum atomic E-state index is -1.44. The highest BCUT2D eigenvalue weighted by molar-refractivity contribution is 6.07. The molecule has 2 aliphatic heterocycles. The number of carbonyl (C=O) groups excluding carboxylic acids is 2. The summed E-state index contributed by atoms with van der Waals surface area (Å²) in [4.78, 5) is 32.1. The van der Waals surface area contributed by atoms with Gasteiger partial charge in [-0.15, -0.1) is 0 Å². The standard InChI is InChI=1S/C31H37N5O5/c1-20-25-17-24(40-5)10-8-22(25)18-36(20)19-31(29(38)32-30(39)33-31)28-16-23-15-21(9-11-27(23)41-28)26(7-6-14-37)35(4)13-12-34(2)3/h7-11,15-17,37H,1,6,12-14,18-19H2,2-5H3,(H2,32,33,38,39)/b26-7+/t31-/m0/s1. The summed E-state index contributed by atoms with van der Waals surface area (Å²) in [6.07, 6.45) is 2.55. The Morgan fingerprint density at radius 3 is 2.66 bits per heavy atom. The number of aliphatic hydroxyl groups is 1. The summed E-state index contributed by atoms with van der Waals surface area (Å²) in [5.41, 5.74) is 3.86. The molecule has 3 N–H and O–H groups in total. The van der Waals surface area contributed by atoms with Crippen LogP contribution < -0.4 is 15.4 Å². The molecule has 3 aromatic rings. The fraction of sp³-hybridized carbons (Fsp3) is 0.355. The maximum atomic E-state index is 13.4. The Kier molecular flexibility index (Phi) is 7.79. The average molecular weight is 560 g/mol. The first-order valence-corrected chi connectivity index (χ1v) is 13.6. The molecule has 10 nitrogen and oxygen atoms in total. The average Bonchev–Trinajstić information content (AvgIpc) is 3.60. The summed E-state index contributed by atoms with van der Waals surface area (Å²) >= 11 is 0. The summed E-state index contributed by atoms with van der Waals surface area (Å²) in [5.74, 6) is 0.590. The maximum Gasteiger partial charge on any atom is 0.322 e. The first kappa shape index (κ1) is 28.3. The van der Waals surface area contributed by atoms with Gasteiger partial charge in [-0.25, -0.2) is 4.79 Å². The van der Waals surface area contributed by atoms with E-state index in [0.29, 0.717) is 24.3 Å². The zero-order valence-electron chi connectivity index (χ0n) is 24.0. The Labute approximate surface area is 239 Å². The highest BCUT2D eigenvalue weighted by Crippen LogP contribution is 2.39. The fourth-order valence-electron chi connectivity index (χ4n) is 5.43. The van der Waals surface area contributed by atoms with Crippen molar-refractivity contribution in [1.82, 2.24) is 25.3 Å². The number of carbonyl (C=O) groups is 2. The summed E-state index contributed by atoms with van der Waals surface area (Å²) < 4.78 is 11.6. The molecule has 0 saturated carbocycles. The number of likely N-dealkylation sites (N-methyl/N-ethyl adjacent to an activating group) is 2. The van der Waals surface area contributed by atoms with Gasteiger partial charge in [-0.2, -0.15) is 0 Å². The molecule has 5 rings (SSSR count). The second-order valence-corrected chi connectivity index (χ2v) is 10.8. The van der Waals surface area contributed by atoms with Gasteiger partial charge in [-0.3, -0.25) is 10.1 Å². The van der Waals surface area contributed by atoms with Gasteiger partial charge in [0.15, 0.2) is 5.54 Å². The number of furan rings is 1. The number of rotatable bonds is 11. The molecule has 0 unspecified atom stereocenters. The first-order chi connectivity index (χ1) is 19.6. The van der Waals surface area contributed by atoms with E-state index in [4.69, 9.17) is 9.15 Å². The number of amides is 3. The zero-order chi connectivity index (χ0) is 29.3. The lowest BCUT2D eigenvalue weighted by molar-refractivity contribution is -0.125. The SMILES string of the molecule is C=C1c2cc(OC)ccc2CN1C[C@@]1(c2cc3cc(/C(=C\CCO)N(C)CCN(C)C)ccc3o2)NC(=O)NC1=O. The lowest BCUT2D eigenvalue weighted by atomic mass is 9.95. The Morgan fingerprint density at radius 1 is 1.17 bits per heavy atom. The summed E-state index contributed by atoms with van der Waals surface area (Å²) in [5, 5.41) is 15.5. The largest absolute Gasteiger partial charge is 0.497 e. The third kappa shape index (κ3) is 5.40. The minimum absolute atomic E-state index is 0.0545. The van der Waals surface area contributed by atoms with E-state index in [-0.39, 0.29) is 13.2 Å². The van der Waals surface area contributed by atoms with Crippen LogP contribution in [0.5, 0.6) is 5.75 Å². The molecule has 2 aromatic carbocycles. The fourth-order valence-corrected chi connectivity index (χ4v) is 5.43. The highest BCUT2D eigenvalue weighted by Gasteiger charge is 2.52. The molecule has 216 valence electrons. The molecule has 10 heteroatoms. The van der Waals surface area contributed by atoms with Gasteiger partial charge in [-0.05, 0) is 68.0 Å². The summed E-state index contributed by atoms with van der Waals surface area (Å²) in [7, 11) is 7.71. The molecule has 3 heterocycles. The summed E-state index contributed by atoms with van der Waals surface area (Å²) in [6, 6.07) is 12.9. The molecular formula is C31H37N5O5. The van der Waals surface area contributed by atoms with Crippen LogP contribution in [0.4, 0.5) is 4.79 Å². The molecule has 41 heavy (non-hydrogen) atoms. The quantitative estimate of drug-likeness (QED) is 0.308. The Morgan fingerprint density at radius 2 is 1.98 bits per heavy atom. The number of hydrogen-bond acceptors (Lipinski definition) is 8. The van der Waals surface area contributed by atoms with Crippen LogP contribution in [0.1, 0.15) is 28.9 Å². The molecule has 0 radical (unpaired) electrons. The predicted molar refractivity (Wildman–Crippen MR) is 158 cm³/mol. The Bertz CT molecular complexity index is 1530. The smallest absolute Gasteiger partial charge is 0.322 e. The number of urea groups is 1. The topological polar surface area (TPSA) is 111 Å². The number of nitrogens with one attached hydrogen (secondary N) is 2. The van der Waals surface area contributed by atoms with Gasteiger partial charge in [0, 0.05) is 55.6 Å². The van der Waals surface area contributed by atoms with Crippen LogP contribution in [-0.4, -0.2) is 86.2 Å². The Balaban J connectivity index is 1.49. The van der Waals surface area contributed by atoms with Crippen LogP contribution in [0.2, 0.25) is 0 Å². The number of methoxy groups -OCH3 is 1. The number of fused-ring (bicyclic) bond motifs is 2. The minimum Gasteiger partial charge on any atom is -0.497 e. The van der Waals surface area contributed by atoms with E-state index in [0.717, 1.165) is 52.3 Å². The van der Waals surface area contributed by atoms with Crippen molar-refractivity contribution in [3.05, 3.63) is 77.6 Å². The zero-order valence-corrected chi connectivity index (χ0v) is 24.0. The molecule has 0 aliphatic carbocycles. The van der Waals surface area contributed by atoms with E-state index in [9.17, 15) is 14.7 Å². The van der Waals surface area contributed by atoms with E-state index in [2.05, 4.69) is 27.0 Å². The van der Waals surface area contributed by atoms with Gasteiger partial charge in [-0.1, -0.05) is 18.7 Å². The van der Waals surface area contributed by atoms with Gasteiger partial charge in [0.05, 0.1) is 13.7 Å². The molecule has 1 aromatic heterocycles. The lowest BCUT2D eigenvalue weighted by Gasteiger charge is -2.30. The number of imide groups is 1. The van der Waals surface area contributed by atoms with Crippen LogP contribution in [0.15, 0.2) is 59.5 Å². The van der Waals surface area contributed by atoms with Gasteiger partial charge in [0.1, 0.15) is 17.1 Å². The number of nitrogens with zero attached hydrogens (tertiary/aromatic N) is 3. The number of benzene rings is 2. The van der Waals surface area contributed by atoms with Gasteiger partial charge >= 0.3 is 6.03 Å². The maximum absolute atomic E-state index is 13.4. The molecule has 1 saturated heterocycles.